The lowest BCUT2D eigenvalue weighted by Gasteiger charge is -2.22. The number of sulfonamides is 2. The van der Waals surface area contributed by atoms with Crippen LogP contribution < -0.4 is 19.1 Å². The molecule has 3 aromatic rings. The Bertz CT molecular complexity index is 1500. The van der Waals surface area contributed by atoms with Crippen LogP contribution in [0.15, 0.2) is 65.6 Å². The molecule has 1 amide bonds. The maximum Gasteiger partial charge on any atom is 0.261 e. The lowest BCUT2D eigenvalue weighted by molar-refractivity contribution is -0.114. The lowest BCUT2D eigenvalue weighted by Crippen LogP contribution is -2.37. The summed E-state index contributed by atoms with van der Waals surface area (Å²) in [4.78, 5) is 12.5. The van der Waals surface area contributed by atoms with Crippen LogP contribution in [0.1, 0.15) is 0 Å². The lowest BCUT2D eigenvalue weighted by atomic mass is 10.3. The summed E-state index contributed by atoms with van der Waals surface area (Å²) in [6.45, 7) is -0.545. The maximum atomic E-state index is 12.7. The molecule has 0 aliphatic heterocycles. The van der Waals surface area contributed by atoms with Gasteiger partial charge in [-0.15, -0.1) is 0 Å². The van der Waals surface area contributed by atoms with Crippen LogP contribution in [0.25, 0.3) is 0 Å². The van der Waals surface area contributed by atoms with Crippen LogP contribution in [0.5, 0.6) is 5.75 Å². The fourth-order valence-corrected chi connectivity index (χ4v) is 5.62. The van der Waals surface area contributed by atoms with E-state index in [-0.39, 0.29) is 37.0 Å². The molecule has 0 aliphatic carbocycles. The monoisotopic (exact) mass is 591 g/mol. The van der Waals surface area contributed by atoms with Crippen molar-refractivity contribution in [3.05, 3.63) is 75.7 Å². The molecule has 0 saturated heterocycles. The van der Waals surface area contributed by atoms with Crippen LogP contribution in [0.3, 0.4) is 0 Å². The first-order valence-electron chi connectivity index (χ1n) is 10.00. The SMILES string of the molecule is COc1ccc(N(CC(=O)Nc2ccc(S(=O)(=O)Nc3cccc(Cl)c3Cl)cc2)S(C)(=O)=O)cc1Cl. The summed E-state index contributed by atoms with van der Waals surface area (Å²) in [7, 11) is -6.42. The maximum absolute atomic E-state index is 12.7. The number of ether oxygens (including phenoxy) is 1. The van der Waals surface area contributed by atoms with Crippen LogP contribution in [0.4, 0.5) is 17.1 Å². The van der Waals surface area contributed by atoms with Crippen molar-refractivity contribution >= 4 is 77.8 Å². The summed E-state index contributed by atoms with van der Waals surface area (Å²) >= 11 is 18.1. The van der Waals surface area contributed by atoms with Crippen molar-refractivity contribution in [2.24, 2.45) is 0 Å². The van der Waals surface area contributed by atoms with Crippen molar-refractivity contribution in [2.75, 3.05) is 34.3 Å². The molecule has 192 valence electrons. The van der Waals surface area contributed by atoms with Gasteiger partial charge in [-0.2, -0.15) is 0 Å². The molecule has 36 heavy (non-hydrogen) atoms. The first-order valence-corrected chi connectivity index (χ1v) is 14.5. The van der Waals surface area contributed by atoms with Crippen molar-refractivity contribution in [1.82, 2.24) is 0 Å². The Morgan fingerprint density at radius 2 is 1.61 bits per heavy atom. The van der Waals surface area contributed by atoms with E-state index in [9.17, 15) is 21.6 Å². The smallest absolute Gasteiger partial charge is 0.261 e. The number of carbonyl (C=O) groups is 1. The second-order valence-corrected chi connectivity index (χ2v) is 12.1. The van der Waals surface area contributed by atoms with Gasteiger partial charge in [0.25, 0.3) is 10.0 Å². The Morgan fingerprint density at radius 1 is 0.944 bits per heavy atom. The van der Waals surface area contributed by atoms with E-state index >= 15 is 0 Å². The summed E-state index contributed by atoms with van der Waals surface area (Å²) in [5, 5.41) is 2.96. The van der Waals surface area contributed by atoms with Crippen LogP contribution in [-0.4, -0.2) is 42.7 Å². The zero-order chi connectivity index (χ0) is 26.7. The average molecular weight is 593 g/mol. The van der Waals surface area contributed by atoms with Crippen LogP contribution >= 0.6 is 34.8 Å². The number of halogens is 3. The van der Waals surface area contributed by atoms with Gasteiger partial charge in [0, 0.05) is 5.69 Å². The second kappa shape index (κ2) is 11.1. The van der Waals surface area contributed by atoms with Crippen molar-refractivity contribution in [3.63, 3.8) is 0 Å². The van der Waals surface area contributed by atoms with Gasteiger partial charge in [-0.05, 0) is 54.6 Å². The molecular formula is C22H20Cl3N3O6S2. The van der Waals surface area contributed by atoms with E-state index in [1.807, 2.05) is 0 Å². The molecule has 14 heteroatoms. The summed E-state index contributed by atoms with van der Waals surface area (Å²) < 4.78 is 58.3. The average Bonchev–Trinajstić information content (AvgIpc) is 2.80. The Morgan fingerprint density at radius 3 is 2.19 bits per heavy atom. The fraction of sp³-hybridized carbons (Fsp3) is 0.136. The Hall–Kier alpha value is -2.70. The third-order valence-electron chi connectivity index (χ3n) is 4.76. The van der Waals surface area contributed by atoms with Crippen LogP contribution in [0, 0.1) is 0 Å². The molecule has 0 saturated carbocycles. The van der Waals surface area contributed by atoms with Gasteiger partial charge < -0.3 is 10.1 Å². The van der Waals surface area contributed by atoms with Crippen LogP contribution in [-0.2, 0) is 24.8 Å². The second-order valence-electron chi connectivity index (χ2n) is 7.37. The van der Waals surface area contributed by atoms with Gasteiger partial charge in [-0.25, -0.2) is 16.8 Å². The van der Waals surface area contributed by atoms with E-state index in [0.717, 1.165) is 10.6 Å². The molecule has 9 nitrogen and oxygen atoms in total. The largest absolute Gasteiger partial charge is 0.495 e. The molecule has 0 spiro atoms. The highest BCUT2D eigenvalue weighted by Gasteiger charge is 2.22. The molecule has 0 unspecified atom stereocenters. The number of amides is 1. The number of benzene rings is 3. The summed E-state index contributed by atoms with van der Waals surface area (Å²) in [5.74, 6) is -0.313. The number of carbonyl (C=O) groups excluding carboxylic acids is 1. The van der Waals surface area contributed by atoms with Crippen molar-refractivity contribution in [1.29, 1.82) is 0 Å². The molecule has 3 rings (SSSR count). The predicted octanol–water partition coefficient (Wildman–Crippen LogP) is 4.86. The third kappa shape index (κ3) is 6.74. The highest BCUT2D eigenvalue weighted by molar-refractivity contribution is 7.92. The first-order chi connectivity index (χ1) is 16.8. The van der Waals surface area contributed by atoms with Crippen molar-refractivity contribution in [3.8, 4) is 5.75 Å². The van der Waals surface area contributed by atoms with Gasteiger partial charge in [0.1, 0.15) is 12.3 Å². The minimum Gasteiger partial charge on any atom is -0.495 e. The number of methoxy groups -OCH3 is 1. The summed E-state index contributed by atoms with van der Waals surface area (Å²) in [6.07, 6.45) is 0.956. The number of rotatable bonds is 9. The molecule has 0 bridgehead atoms. The van der Waals surface area contributed by atoms with E-state index in [4.69, 9.17) is 39.5 Å². The van der Waals surface area contributed by atoms with Crippen LogP contribution in [0.2, 0.25) is 15.1 Å². The molecule has 0 aromatic heterocycles. The molecule has 0 atom stereocenters. The Balaban J connectivity index is 1.74. The molecule has 2 N–H and O–H groups in total. The number of hydrogen-bond acceptors (Lipinski definition) is 6. The molecular weight excluding hydrogens is 573 g/mol. The highest BCUT2D eigenvalue weighted by Crippen LogP contribution is 2.32. The van der Waals surface area contributed by atoms with Gasteiger partial charge in [0.2, 0.25) is 15.9 Å². The molecule has 0 fully saturated rings. The van der Waals surface area contributed by atoms with Gasteiger partial charge in [0.15, 0.2) is 0 Å². The van der Waals surface area contributed by atoms with Gasteiger partial charge >= 0.3 is 0 Å². The van der Waals surface area contributed by atoms with E-state index < -0.39 is 32.5 Å². The minimum atomic E-state index is -4.00. The Kier molecular flexibility index (Phi) is 8.63. The van der Waals surface area contributed by atoms with E-state index in [2.05, 4.69) is 10.0 Å². The highest BCUT2D eigenvalue weighted by atomic mass is 35.5. The van der Waals surface area contributed by atoms with E-state index in [1.54, 1.807) is 6.07 Å². The zero-order valence-corrected chi connectivity index (χ0v) is 22.7. The van der Waals surface area contributed by atoms with Crippen molar-refractivity contribution in [2.45, 2.75) is 4.90 Å². The van der Waals surface area contributed by atoms with Gasteiger partial charge in [-0.1, -0.05) is 40.9 Å². The molecule has 0 radical (unpaired) electrons. The number of anilines is 3. The van der Waals surface area contributed by atoms with E-state index in [1.165, 1.54) is 61.7 Å². The molecule has 0 aliphatic rings. The summed E-state index contributed by atoms with van der Waals surface area (Å²) in [5.41, 5.74) is 0.535. The van der Waals surface area contributed by atoms with Gasteiger partial charge in [0.05, 0.1) is 44.7 Å². The normalized spacial score (nSPS) is 11.6. The number of nitrogens with one attached hydrogen (secondary N) is 2. The standard InChI is InChI=1S/C22H20Cl3N3O6S2/c1-34-20-11-8-15(12-18(20)24)28(35(2,30)31)13-21(29)26-14-6-9-16(10-7-14)36(32,33)27-19-5-3-4-17(23)22(19)25/h3-12,27H,13H2,1-2H3,(H,26,29). The quantitative estimate of drug-likeness (QED) is 0.366. The molecule has 3 aromatic carbocycles. The third-order valence-corrected chi connectivity index (χ3v) is 8.39. The van der Waals surface area contributed by atoms with E-state index in [0.29, 0.717) is 5.75 Å². The predicted molar refractivity (Wildman–Crippen MR) is 143 cm³/mol. The first kappa shape index (κ1) is 27.9. The fourth-order valence-electron chi connectivity index (χ4n) is 3.05. The number of hydrogen-bond donors (Lipinski definition) is 2. The van der Waals surface area contributed by atoms with Gasteiger partial charge in [-0.3, -0.25) is 13.8 Å². The topological polar surface area (TPSA) is 122 Å². The number of nitrogens with zero attached hydrogens (tertiary/aromatic N) is 1. The minimum absolute atomic E-state index is 0.0557. The Labute approximate surface area is 224 Å². The zero-order valence-electron chi connectivity index (χ0n) is 18.8. The summed E-state index contributed by atoms with van der Waals surface area (Å²) in [6, 6.07) is 14.1. The molecule has 0 heterocycles. The van der Waals surface area contributed by atoms with Crippen molar-refractivity contribution < 1.29 is 26.4 Å².